The number of benzene rings is 2. The van der Waals surface area contributed by atoms with Crippen molar-refractivity contribution >= 4 is 34.6 Å². The number of fused-ring (bicyclic) bond motifs is 3. The van der Waals surface area contributed by atoms with Crippen LogP contribution in [-0.2, 0) is 47.0 Å². The highest BCUT2D eigenvalue weighted by molar-refractivity contribution is 6.28. The largest absolute Gasteiger partial charge is 0.332 e. The van der Waals surface area contributed by atoms with Crippen molar-refractivity contribution in [3.63, 3.8) is 0 Å². The summed E-state index contributed by atoms with van der Waals surface area (Å²) in [6.07, 6.45) is 1.53. The first kappa shape index (κ1) is 25.5. The normalized spacial score (nSPS) is 18.5. The second-order valence-electron chi connectivity index (χ2n) is 10.5. The molecule has 1 saturated heterocycles. The smallest absolute Gasteiger partial charge is 0.328 e. The molecule has 0 N–H and O–H groups in total. The minimum Gasteiger partial charge on any atom is -0.328 e. The fraction of sp³-hybridized carbons (Fsp3) is 0.310. The summed E-state index contributed by atoms with van der Waals surface area (Å²) in [4.78, 5) is 74.0. The molecule has 2 aromatic carbocycles. The highest BCUT2D eigenvalue weighted by Gasteiger charge is 2.63. The first-order chi connectivity index (χ1) is 19.1. The van der Waals surface area contributed by atoms with Crippen molar-refractivity contribution in [3.8, 4) is 0 Å². The highest BCUT2D eigenvalue weighted by Crippen LogP contribution is 2.49. The van der Waals surface area contributed by atoms with Gasteiger partial charge < -0.3 is 9.47 Å². The van der Waals surface area contributed by atoms with Gasteiger partial charge in [0, 0.05) is 38.4 Å². The van der Waals surface area contributed by atoms with E-state index in [4.69, 9.17) is 0 Å². The fourth-order valence-electron chi connectivity index (χ4n) is 5.93. The zero-order valence-corrected chi connectivity index (χ0v) is 22.5. The van der Waals surface area contributed by atoms with E-state index < -0.39 is 34.4 Å². The van der Waals surface area contributed by atoms with E-state index >= 15 is 0 Å². The number of aromatic nitrogens is 4. The van der Waals surface area contributed by atoms with E-state index in [0.29, 0.717) is 22.4 Å². The molecule has 0 radical (unpaired) electrons. The van der Waals surface area contributed by atoms with Gasteiger partial charge >= 0.3 is 5.69 Å². The van der Waals surface area contributed by atoms with E-state index in [0.717, 1.165) is 15.7 Å². The standard InChI is InChI=1S/C29H28N6O5/c1-18-10-11-21-20(14-18)29(15-22(36)35(27(29)39)16-19-8-5-4-6-9-19)26(38)33(21)12-7-13-34-25(37)23-24(30-17-31(23)2)32(3)28(34)40/h4-6,8-11,14,17H,7,12-13,15-16H2,1-3H3. The van der Waals surface area contributed by atoms with Gasteiger partial charge in [0.15, 0.2) is 16.6 Å². The molecule has 6 rings (SSSR count). The molecule has 2 aliphatic heterocycles. The molecule has 11 nitrogen and oxygen atoms in total. The van der Waals surface area contributed by atoms with E-state index in [1.165, 1.54) is 20.7 Å². The lowest BCUT2D eigenvalue weighted by atomic mass is 9.79. The number of carbonyl (C=O) groups is 3. The van der Waals surface area contributed by atoms with E-state index in [2.05, 4.69) is 4.98 Å². The Morgan fingerprint density at radius 3 is 2.38 bits per heavy atom. The predicted molar refractivity (Wildman–Crippen MR) is 147 cm³/mol. The molecule has 204 valence electrons. The van der Waals surface area contributed by atoms with Gasteiger partial charge in [-0.25, -0.2) is 9.78 Å². The molecule has 0 aliphatic carbocycles. The summed E-state index contributed by atoms with van der Waals surface area (Å²) in [7, 11) is 3.25. The molecular formula is C29H28N6O5. The van der Waals surface area contributed by atoms with Crippen LogP contribution in [0.4, 0.5) is 5.69 Å². The third-order valence-electron chi connectivity index (χ3n) is 7.99. The molecular weight excluding hydrogens is 512 g/mol. The predicted octanol–water partition coefficient (Wildman–Crippen LogP) is 1.38. The number of hydrogen-bond donors (Lipinski definition) is 0. The van der Waals surface area contributed by atoms with Crippen LogP contribution < -0.4 is 16.1 Å². The average molecular weight is 541 g/mol. The van der Waals surface area contributed by atoms with Crippen LogP contribution in [0.3, 0.4) is 0 Å². The van der Waals surface area contributed by atoms with Crippen LogP contribution in [0, 0.1) is 6.92 Å². The van der Waals surface area contributed by atoms with Crippen molar-refractivity contribution in [2.45, 2.75) is 38.3 Å². The van der Waals surface area contributed by atoms with Crippen LogP contribution in [0.15, 0.2) is 64.4 Å². The molecule has 0 saturated carbocycles. The molecule has 2 aliphatic rings. The number of rotatable bonds is 6. The van der Waals surface area contributed by atoms with Crippen molar-refractivity contribution < 1.29 is 14.4 Å². The number of imidazole rings is 1. The Labute approximate surface area is 228 Å². The maximum absolute atomic E-state index is 14.0. The lowest BCUT2D eigenvalue weighted by molar-refractivity contribution is -0.142. The molecule has 1 unspecified atom stereocenters. The van der Waals surface area contributed by atoms with Gasteiger partial charge in [-0.3, -0.25) is 33.2 Å². The van der Waals surface area contributed by atoms with Gasteiger partial charge in [-0.1, -0.05) is 48.0 Å². The number of nitrogens with zero attached hydrogens (tertiary/aromatic N) is 6. The highest BCUT2D eigenvalue weighted by atomic mass is 16.2. The summed E-state index contributed by atoms with van der Waals surface area (Å²) in [6.45, 7) is 2.20. The van der Waals surface area contributed by atoms with E-state index in [-0.39, 0.29) is 32.5 Å². The minimum absolute atomic E-state index is 0.0671. The van der Waals surface area contributed by atoms with Crippen molar-refractivity contribution in [2.24, 2.45) is 14.1 Å². The number of imide groups is 1. The van der Waals surface area contributed by atoms with E-state index in [1.807, 2.05) is 43.3 Å². The number of amides is 3. The molecule has 1 spiro atoms. The fourth-order valence-corrected chi connectivity index (χ4v) is 5.93. The number of hydrogen-bond acceptors (Lipinski definition) is 6. The van der Waals surface area contributed by atoms with Gasteiger partial charge in [0.2, 0.25) is 17.7 Å². The Kier molecular flexibility index (Phi) is 5.83. The molecule has 0 bridgehead atoms. The SMILES string of the molecule is Cc1ccc2c(c1)C1(CC(=O)N(Cc3ccccc3)C1=O)C(=O)N2CCCn1c(=O)c2c(ncn2C)n(C)c1=O. The third kappa shape index (κ3) is 3.57. The first-order valence-corrected chi connectivity index (χ1v) is 13.1. The molecule has 11 heteroatoms. The number of aryl methyl sites for hydroxylation is 3. The van der Waals surface area contributed by atoms with Gasteiger partial charge in [0.25, 0.3) is 5.56 Å². The van der Waals surface area contributed by atoms with Crippen molar-refractivity contribution in [1.29, 1.82) is 0 Å². The van der Waals surface area contributed by atoms with Gasteiger partial charge in [-0.05, 0) is 25.0 Å². The maximum Gasteiger partial charge on any atom is 0.332 e. The third-order valence-corrected chi connectivity index (χ3v) is 7.99. The number of likely N-dealkylation sites (tertiary alicyclic amines) is 1. The Balaban J connectivity index is 1.31. The summed E-state index contributed by atoms with van der Waals surface area (Å²) >= 11 is 0. The second kappa shape index (κ2) is 9.15. The van der Waals surface area contributed by atoms with Crippen LogP contribution in [0.1, 0.15) is 29.5 Å². The molecule has 40 heavy (non-hydrogen) atoms. The second-order valence-corrected chi connectivity index (χ2v) is 10.5. The lowest BCUT2D eigenvalue weighted by Gasteiger charge is -2.23. The maximum atomic E-state index is 14.0. The Bertz CT molecular complexity index is 1840. The number of anilines is 1. The van der Waals surface area contributed by atoms with Gasteiger partial charge in [0.1, 0.15) is 0 Å². The lowest BCUT2D eigenvalue weighted by Crippen LogP contribution is -2.47. The summed E-state index contributed by atoms with van der Waals surface area (Å²) in [6, 6.07) is 14.7. The van der Waals surface area contributed by atoms with E-state index in [9.17, 15) is 24.0 Å². The Morgan fingerprint density at radius 1 is 0.900 bits per heavy atom. The van der Waals surface area contributed by atoms with Crippen LogP contribution in [0.5, 0.6) is 0 Å². The van der Waals surface area contributed by atoms with Crippen molar-refractivity contribution in [3.05, 3.63) is 92.4 Å². The molecule has 4 aromatic rings. The van der Waals surface area contributed by atoms with Crippen molar-refractivity contribution in [1.82, 2.24) is 23.6 Å². The topological polar surface area (TPSA) is 120 Å². The monoisotopic (exact) mass is 540 g/mol. The molecule has 1 fully saturated rings. The first-order valence-electron chi connectivity index (χ1n) is 13.1. The van der Waals surface area contributed by atoms with Crippen LogP contribution >= 0.6 is 0 Å². The van der Waals surface area contributed by atoms with Crippen LogP contribution in [-0.4, -0.2) is 47.9 Å². The molecule has 1 atom stereocenters. The zero-order valence-electron chi connectivity index (χ0n) is 22.5. The van der Waals surface area contributed by atoms with Crippen molar-refractivity contribution in [2.75, 3.05) is 11.4 Å². The van der Waals surface area contributed by atoms with Gasteiger partial charge in [0.05, 0.1) is 19.3 Å². The quantitative estimate of drug-likeness (QED) is 0.269. The van der Waals surface area contributed by atoms with Gasteiger partial charge in [-0.15, -0.1) is 0 Å². The minimum atomic E-state index is -1.62. The number of carbonyl (C=O) groups excluding carboxylic acids is 3. The summed E-state index contributed by atoms with van der Waals surface area (Å²) in [5, 5.41) is 0. The summed E-state index contributed by atoms with van der Waals surface area (Å²) in [5.74, 6) is -1.37. The molecule has 4 heterocycles. The Morgan fingerprint density at radius 2 is 1.62 bits per heavy atom. The zero-order chi connectivity index (χ0) is 28.3. The summed E-state index contributed by atoms with van der Waals surface area (Å²) < 4.78 is 4.04. The van der Waals surface area contributed by atoms with E-state index in [1.54, 1.807) is 30.8 Å². The summed E-state index contributed by atoms with van der Waals surface area (Å²) in [5.41, 5.74) is 0.812. The Hall–Kier alpha value is -4.80. The van der Waals surface area contributed by atoms with Crippen LogP contribution in [0.2, 0.25) is 0 Å². The molecule has 2 aromatic heterocycles. The average Bonchev–Trinajstić information content (AvgIpc) is 3.52. The van der Waals surface area contributed by atoms with Crippen LogP contribution in [0.25, 0.3) is 11.2 Å². The molecule has 3 amide bonds. The van der Waals surface area contributed by atoms with Gasteiger partial charge in [-0.2, -0.15) is 0 Å².